The molecule has 3 aromatic carbocycles. The van der Waals surface area contributed by atoms with Gasteiger partial charge in [-0.25, -0.2) is 4.79 Å². The number of ketones is 1. The lowest BCUT2D eigenvalue weighted by molar-refractivity contribution is 0.0732. The molecular formula is C25H20O6. The van der Waals surface area contributed by atoms with Crippen molar-refractivity contribution in [2.45, 2.75) is 6.92 Å². The Hall–Kier alpha value is -4.06. The zero-order chi connectivity index (χ0) is 22.0. The van der Waals surface area contributed by atoms with Gasteiger partial charge >= 0.3 is 5.97 Å². The van der Waals surface area contributed by atoms with E-state index in [2.05, 4.69) is 0 Å². The summed E-state index contributed by atoms with van der Waals surface area (Å²) in [5, 5.41) is 0. The van der Waals surface area contributed by atoms with Crippen LogP contribution in [0.5, 0.6) is 23.0 Å². The molecule has 1 heterocycles. The summed E-state index contributed by atoms with van der Waals surface area (Å²) in [6, 6.07) is 17.2. The third-order valence-electron chi connectivity index (χ3n) is 4.94. The summed E-state index contributed by atoms with van der Waals surface area (Å²) in [7, 11) is 3.11. The number of esters is 1. The molecule has 0 amide bonds. The molecule has 4 rings (SSSR count). The van der Waals surface area contributed by atoms with E-state index in [1.54, 1.807) is 62.6 Å². The van der Waals surface area contributed by atoms with Gasteiger partial charge in [-0.2, -0.15) is 0 Å². The number of methoxy groups -OCH3 is 2. The van der Waals surface area contributed by atoms with Crippen molar-refractivity contribution in [1.82, 2.24) is 0 Å². The van der Waals surface area contributed by atoms with E-state index < -0.39 is 5.97 Å². The molecule has 0 N–H and O–H groups in total. The van der Waals surface area contributed by atoms with Gasteiger partial charge < -0.3 is 18.9 Å². The largest absolute Gasteiger partial charge is 0.497 e. The molecule has 1 aliphatic heterocycles. The maximum absolute atomic E-state index is 12.8. The summed E-state index contributed by atoms with van der Waals surface area (Å²) in [5.74, 6) is 1.38. The van der Waals surface area contributed by atoms with Crippen LogP contribution < -0.4 is 18.9 Å². The van der Waals surface area contributed by atoms with Gasteiger partial charge in [-0.05, 0) is 61.0 Å². The quantitative estimate of drug-likeness (QED) is 0.336. The third-order valence-corrected chi connectivity index (χ3v) is 4.94. The molecule has 0 bridgehead atoms. The molecular weight excluding hydrogens is 396 g/mol. The number of carbonyl (C=O) groups excluding carboxylic acids is 2. The second kappa shape index (κ2) is 8.36. The summed E-state index contributed by atoms with van der Waals surface area (Å²) in [5.41, 5.74) is 2.12. The highest BCUT2D eigenvalue weighted by molar-refractivity contribution is 6.15. The fourth-order valence-electron chi connectivity index (χ4n) is 3.27. The molecule has 0 spiro atoms. The predicted octanol–water partition coefficient (Wildman–Crippen LogP) is 4.85. The second-order valence-electron chi connectivity index (χ2n) is 6.90. The molecule has 6 nitrogen and oxygen atoms in total. The van der Waals surface area contributed by atoms with E-state index in [1.807, 2.05) is 18.2 Å². The predicted molar refractivity (Wildman–Crippen MR) is 115 cm³/mol. The Morgan fingerprint density at radius 1 is 0.935 bits per heavy atom. The lowest BCUT2D eigenvalue weighted by Gasteiger charge is -2.10. The van der Waals surface area contributed by atoms with Gasteiger partial charge in [0.1, 0.15) is 23.0 Å². The highest BCUT2D eigenvalue weighted by Crippen LogP contribution is 2.39. The maximum atomic E-state index is 12.8. The molecule has 0 aliphatic carbocycles. The summed E-state index contributed by atoms with van der Waals surface area (Å²) in [6.45, 7) is 1.74. The molecule has 0 radical (unpaired) electrons. The summed E-state index contributed by atoms with van der Waals surface area (Å²) >= 11 is 0. The number of ether oxygens (including phenoxy) is 4. The van der Waals surface area contributed by atoms with E-state index in [9.17, 15) is 9.59 Å². The van der Waals surface area contributed by atoms with Gasteiger partial charge in [-0.15, -0.1) is 0 Å². The van der Waals surface area contributed by atoms with E-state index in [-0.39, 0.29) is 11.5 Å². The number of Topliss-reactive ketones (excluding diaryl/α,β-unsaturated/α-hetero) is 1. The van der Waals surface area contributed by atoms with Crippen molar-refractivity contribution in [2.24, 2.45) is 0 Å². The zero-order valence-corrected chi connectivity index (χ0v) is 17.3. The number of fused-ring (bicyclic) bond motifs is 1. The van der Waals surface area contributed by atoms with E-state index in [0.29, 0.717) is 39.7 Å². The summed E-state index contributed by atoms with van der Waals surface area (Å²) in [4.78, 5) is 25.3. The highest BCUT2D eigenvalue weighted by atomic mass is 16.5. The molecule has 0 aromatic heterocycles. The van der Waals surface area contributed by atoms with Crippen LogP contribution in [0, 0.1) is 6.92 Å². The van der Waals surface area contributed by atoms with Crippen molar-refractivity contribution in [3.8, 4) is 23.0 Å². The van der Waals surface area contributed by atoms with Crippen molar-refractivity contribution >= 4 is 17.8 Å². The van der Waals surface area contributed by atoms with Crippen LogP contribution in [-0.2, 0) is 0 Å². The first kappa shape index (κ1) is 20.2. The lowest BCUT2D eigenvalue weighted by atomic mass is 10.1. The van der Waals surface area contributed by atoms with Gasteiger partial charge in [0.25, 0.3) is 0 Å². The van der Waals surface area contributed by atoms with Crippen LogP contribution in [0.3, 0.4) is 0 Å². The Morgan fingerprint density at radius 3 is 2.39 bits per heavy atom. The normalized spacial score (nSPS) is 13.5. The van der Waals surface area contributed by atoms with E-state index in [0.717, 1.165) is 5.56 Å². The molecule has 0 saturated heterocycles. The zero-order valence-electron chi connectivity index (χ0n) is 17.3. The van der Waals surface area contributed by atoms with Crippen molar-refractivity contribution in [3.63, 3.8) is 0 Å². The summed E-state index contributed by atoms with van der Waals surface area (Å²) in [6.07, 6.45) is 1.66. The minimum absolute atomic E-state index is 0.197. The van der Waals surface area contributed by atoms with Crippen molar-refractivity contribution < 1.29 is 28.5 Å². The van der Waals surface area contributed by atoms with Crippen molar-refractivity contribution in [1.29, 1.82) is 0 Å². The van der Waals surface area contributed by atoms with Crippen LogP contribution in [0.1, 0.15) is 31.8 Å². The van der Waals surface area contributed by atoms with Gasteiger partial charge in [0.2, 0.25) is 5.78 Å². The van der Waals surface area contributed by atoms with Crippen molar-refractivity contribution in [3.05, 3.63) is 88.7 Å². The SMILES string of the molecule is COc1cccc(/C=C2\Oc3c(ccc(OC(=O)c4cccc(OC)c4)c3C)C2=O)c1. The number of benzene rings is 3. The fraction of sp³-hybridized carbons (Fsp3) is 0.120. The number of allylic oxidation sites excluding steroid dienone is 1. The second-order valence-corrected chi connectivity index (χ2v) is 6.90. The molecule has 31 heavy (non-hydrogen) atoms. The minimum Gasteiger partial charge on any atom is -0.497 e. The number of rotatable bonds is 5. The number of hydrogen-bond acceptors (Lipinski definition) is 6. The fourth-order valence-corrected chi connectivity index (χ4v) is 3.27. The Kier molecular flexibility index (Phi) is 5.45. The number of hydrogen-bond donors (Lipinski definition) is 0. The maximum Gasteiger partial charge on any atom is 0.343 e. The first-order chi connectivity index (χ1) is 15.0. The van der Waals surface area contributed by atoms with Crippen LogP contribution in [0.25, 0.3) is 6.08 Å². The van der Waals surface area contributed by atoms with Crippen LogP contribution in [0.2, 0.25) is 0 Å². The van der Waals surface area contributed by atoms with E-state index in [4.69, 9.17) is 18.9 Å². The average Bonchev–Trinajstić information content (AvgIpc) is 3.11. The molecule has 6 heteroatoms. The smallest absolute Gasteiger partial charge is 0.343 e. The van der Waals surface area contributed by atoms with Crippen molar-refractivity contribution in [2.75, 3.05) is 14.2 Å². The lowest BCUT2D eigenvalue weighted by Crippen LogP contribution is -2.09. The Labute approximate surface area is 179 Å². The Balaban J connectivity index is 1.60. The molecule has 0 unspecified atom stereocenters. The van der Waals surface area contributed by atoms with Crippen LogP contribution in [-0.4, -0.2) is 26.0 Å². The van der Waals surface area contributed by atoms with Crippen LogP contribution >= 0.6 is 0 Å². The molecule has 0 fully saturated rings. The first-order valence-corrected chi connectivity index (χ1v) is 9.58. The van der Waals surface area contributed by atoms with Gasteiger partial charge in [0.05, 0.1) is 25.3 Å². The first-order valence-electron chi connectivity index (χ1n) is 9.58. The molecule has 0 saturated carbocycles. The van der Waals surface area contributed by atoms with E-state index >= 15 is 0 Å². The molecule has 3 aromatic rings. The van der Waals surface area contributed by atoms with Crippen LogP contribution in [0.15, 0.2) is 66.4 Å². The highest BCUT2D eigenvalue weighted by Gasteiger charge is 2.30. The van der Waals surface area contributed by atoms with Gasteiger partial charge in [-0.1, -0.05) is 18.2 Å². The number of carbonyl (C=O) groups is 2. The third kappa shape index (κ3) is 4.00. The Morgan fingerprint density at radius 2 is 1.65 bits per heavy atom. The average molecular weight is 416 g/mol. The Bertz CT molecular complexity index is 1210. The molecule has 156 valence electrons. The van der Waals surface area contributed by atoms with Crippen LogP contribution in [0.4, 0.5) is 0 Å². The summed E-state index contributed by atoms with van der Waals surface area (Å²) < 4.78 is 21.8. The van der Waals surface area contributed by atoms with Gasteiger partial charge in [0, 0.05) is 5.56 Å². The minimum atomic E-state index is -0.529. The van der Waals surface area contributed by atoms with E-state index in [1.165, 1.54) is 7.11 Å². The molecule has 1 aliphatic rings. The topological polar surface area (TPSA) is 71.1 Å². The monoisotopic (exact) mass is 416 g/mol. The molecule has 0 atom stereocenters. The van der Waals surface area contributed by atoms with Gasteiger partial charge in [-0.3, -0.25) is 4.79 Å². The van der Waals surface area contributed by atoms with Gasteiger partial charge in [0.15, 0.2) is 5.76 Å². The standard InChI is InChI=1S/C25H20O6/c1-15-21(31-25(27)17-7-5-9-19(14-17)29-3)11-10-20-23(26)22(30-24(15)20)13-16-6-4-8-18(12-16)28-2/h4-14H,1-3H3/b22-13-.